The normalized spacial score (nSPS) is 10.1. The number of benzene rings is 1. The Morgan fingerprint density at radius 1 is 1.35 bits per heavy atom. The summed E-state index contributed by atoms with van der Waals surface area (Å²) in [5.74, 6) is 0. The summed E-state index contributed by atoms with van der Waals surface area (Å²) in [4.78, 5) is 13.5. The van der Waals surface area contributed by atoms with Gasteiger partial charge in [0.1, 0.15) is 0 Å². The Kier molecular flexibility index (Phi) is 5.01. The Labute approximate surface area is 104 Å². The molecule has 0 unspecified atom stereocenters. The highest BCUT2D eigenvalue weighted by Gasteiger charge is 2.11. The van der Waals surface area contributed by atoms with Gasteiger partial charge in [0.2, 0.25) is 0 Å². The Morgan fingerprint density at radius 3 is 2.65 bits per heavy atom. The van der Waals surface area contributed by atoms with Crippen LogP contribution in [0, 0.1) is 13.8 Å². The number of hydrogen-bond donors (Lipinski definition) is 1. The number of urea groups is 1. The molecule has 94 valence electrons. The number of aryl methyl sites for hydroxylation is 2. The van der Waals surface area contributed by atoms with E-state index in [-0.39, 0.29) is 6.03 Å². The molecular formula is C14H22N2O. The van der Waals surface area contributed by atoms with E-state index in [9.17, 15) is 4.79 Å². The molecule has 17 heavy (non-hydrogen) atoms. The zero-order valence-corrected chi connectivity index (χ0v) is 11.2. The Hall–Kier alpha value is -1.51. The van der Waals surface area contributed by atoms with Crippen LogP contribution in [0.5, 0.6) is 0 Å². The second kappa shape index (κ2) is 6.28. The maximum absolute atomic E-state index is 11.9. The predicted octanol–water partition coefficient (Wildman–Crippen LogP) is 3.25. The first kappa shape index (κ1) is 13.6. The second-order valence-corrected chi connectivity index (χ2v) is 4.43. The first-order chi connectivity index (χ1) is 8.06. The lowest BCUT2D eigenvalue weighted by molar-refractivity contribution is 0.247. The van der Waals surface area contributed by atoms with Crippen molar-refractivity contribution in [1.82, 2.24) is 5.32 Å². The molecular weight excluding hydrogens is 212 g/mol. The van der Waals surface area contributed by atoms with E-state index in [1.807, 2.05) is 19.1 Å². The van der Waals surface area contributed by atoms with E-state index in [1.165, 1.54) is 5.56 Å². The van der Waals surface area contributed by atoms with E-state index in [4.69, 9.17) is 0 Å². The molecule has 1 rings (SSSR count). The van der Waals surface area contributed by atoms with Gasteiger partial charge in [0.05, 0.1) is 0 Å². The van der Waals surface area contributed by atoms with Crippen LogP contribution in [0.2, 0.25) is 0 Å². The maximum Gasteiger partial charge on any atom is 0.321 e. The van der Waals surface area contributed by atoms with Gasteiger partial charge in [0, 0.05) is 19.3 Å². The number of anilines is 1. The third-order valence-corrected chi connectivity index (χ3v) is 2.82. The van der Waals surface area contributed by atoms with Gasteiger partial charge in [-0.1, -0.05) is 31.0 Å². The molecule has 3 nitrogen and oxygen atoms in total. The number of carbonyl (C=O) groups is 1. The number of amides is 2. The standard InChI is InChI=1S/C14H22N2O/c1-5-6-9-15-14(17)16(4)13-8-7-11(2)10-12(13)3/h7-8,10H,5-6,9H2,1-4H3,(H,15,17). The lowest BCUT2D eigenvalue weighted by Crippen LogP contribution is -2.38. The van der Waals surface area contributed by atoms with E-state index < -0.39 is 0 Å². The van der Waals surface area contributed by atoms with Gasteiger partial charge in [-0.05, 0) is 31.9 Å². The van der Waals surface area contributed by atoms with Crippen LogP contribution in [-0.2, 0) is 0 Å². The van der Waals surface area contributed by atoms with Gasteiger partial charge in [0.25, 0.3) is 0 Å². The molecule has 0 heterocycles. The third-order valence-electron chi connectivity index (χ3n) is 2.82. The average molecular weight is 234 g/mol. The fraction of sp³-hybridized carbons (Fsp3) is 0.500. The van der Waals surface area contributed by atoms with Gasteiger partial charge in [-0.2, -0.15) is 0 Å². The van der Waals surface area contributed by atoms with E-state index in [0.717, 1.165) is 30.6 Å². The van der Waals surface area contributed by atoms with Crippen molar-refractivity contribution in [2.24, 2.45) is 0 Å². The molecule has 1 aromatic carbocycles. The Balaban J connectivity index is 2.68. The monoisotopic (exact) mass is 234 g/mol. The summed E-state index contributed by atoms with van der Waals surface area (Å²) in [6, 6.07) is 6.07. The summed E-state index contributed by atoms with van der Waals surface area (Å²) in [6.45, 7) is 6.93. The fourth-order valence-corrected chi connectivity index (χ4v) is 1.78. The van der Waals surface area contributed by atoms with Crippen LogP contribution >= 0.6 is 0 Å². The van der Waals surface area contributed by atoms with Crippen LogP contribution in [0.15, 0.2) is 18.2 Å². The third kappa shape index (κ3) is 3.77. The topological polar surface area (TPSA) is 32.3 Å². The Bertz CT molecular complexity index is 388. The number of hydrogen-bond acceptors (Lipinski definition) is 1. The summed E-state index contributed by atoms with van der Waals surface area (Å²) in [5.41, 5.74) is 3.30. The number of unbranched alkanes of at least 4 members (excludes halogenated alkanes) is 1. The van der Waals surface area contributed by atoms with E-state index in [2.05, 4.69) is 25.2 Å². The average Bonchev–Trinajstić information content (AvgIpc) is 2.28. The van der Waals surface area contributed by atoms with Gasteiger partial charge in [-0.3, -0.25) is 4.90 Å². The van der Waals surface area contributed by atoms with Gasteiger partial charge in [-0.25, -0.2) is 4.79 Å². The van der Waals surface area contributed by atoms with Crippen molar-refractivity contribution in [3.05, 3.63) is 29.3 Å². The minimum absolute atomic E-state index is 0.0367. The highest BCUT2D eigenvalue weighted by molar-refractivity contribution is 5.92. The van der Waals surface area contributed by atoms with Gasteiger partial charge in [-0.15, -0.1) is 0 Å². The zero-order chi connectivity index (χ0) is 12.8. The molecule has 1 N–H and O–H groups in total. The lowest BCUT2D eigenvalue weighted by atomic mass is 10.1. The molecule has 0 radical (unpaired) electrons. The summed E-state index contributed by atoms with van der Waals surface area (Å²) in [6.07, 6.45) is 2.11. The fourth-order valence-electron chi connectivity index (χ4n) is 1.78. The highest BCUT2D eigenvalue weighted by atomic mass is 16.2. The number of rotatable bonds is 4. The molecule has 0 saturated heterocycles. The van der Waals surface area contributed by atoms with Crippen molar-refractivity contribution in [3.8, 4) is 0 Å². The van der Waals surface area contributed by atoms with Crippen LogP contribution in [0.25, 0.3) is 0 Å². The van der Waals surface area contributed by atoms with Crippen LogP contribution in [0.3, 0.4) is 0 Å². The number of nitrogens with one attached hydrogen (secondary N) is 1. The van der Waals surface area contributed by atoms with Crippen molar-refractivity contribution in [3.63, 3.8) is 0 Å². The SMILES string of the molecule is CCCCNC(=O)N(C)c1ccc(C)cc1C. The molecule has 0 bridgehead atoms. The molecule has 0 aliphatic rings. The van der Waals surface area contributed by atoms with Gasteiger partial charge in [0.15, 0.2) is 0 Å². The van der Waals surface area contributed by atoms with Crippen molar-refractivity contribution >= 4 is 11.7 Å². The minimum Gasteiger partial charge on any atom is -0.338 e. The second-order valence-electron chi connectivity index (χ2n) is 4.43. The highest BCUT2D eigenvalue weighted by Crippen LogP contribution is 2.19. The van der Waals surface area contributed by atoms with Crippen molar-refractivity contribution < 1.29 is 4.79 Å². The molecule has 0 spiro atoms. The molecule has 0 atom stereocenters. The molecule has 2 amide bonds. The number of nitrogens with zero attached hydrogens (tertiary/aromatic N) is 1. The summed E-state index contributed by atoms with van der Waals surface area (Å²) >= 11 is 0. The summed E-state index contributed by atoms with van der Waals surface area (Å²) < 4.78 is 0. The smallest absolute Gasteiger partial charge is 0.321 e. The van der Waals surface area contributed by atoms with Crippen molar-refractivity contribution in [2.75, 3.05) is 18.5 Å². The number of carbonyl (C=O) groups excluding carboxylic acids is 1. The molecule has 0 saturated carbocycles. The van der Waals surface area contributed by atoms with E-state index >= 15 is 0 Å². The van der Waals surface area contributed by atoms with E-state index in [1.54, 1.807) is 11.9 Å². The van der Waals surface area contributed by atoms with E-state index in [0.29, 0.717) is 0 Å². The molecule has 0 aromatic heterocycles. The summed E-state index contributed by atoms with van der Waals surface area (Å²) in [7, 11) is 1.80. The van der Waals surface area contributed by atoms with Crippen molar-refractivity contribution in [2.45, 2.75) is 33.6 Å². The lowest BCUT2D eigenvalue weighted by Gasteiger charge is -2.20. The summed E-state index contributed by atoms with van der Waals surface area (Å²) in [5, 5.41) is 2.91. The molecule has 3 heteroatoms. The molecule has 0 aliphatic heterocycles. The molecule has 0 aliphatic carbocycles. The zero-order valence-electron chi connectivity index (χ0n) is 11.2. The van der Waals surface area contributed by atoms with Crippen LogP contribution in [0.4, 0.5) is 10.5 Å². The van der Waals surface area contributed by atoms with Crippen LogP contribution in [-0.4, -0.2) is 19.6 Å². The maximum atomic E-state index is 11.9. The Morgan fingerprint density at radius 2 is 2.06 bits per heavy atom. The minimum atomic E-state index is -0.0367. The van der Waals surface area contributed by atoms with Gasteiger partial charge < -0.3 is 5.32 Å². The molecule has 1 aromatic rings. The van der Waals surface area contributed by atoms with Crippen LogP contribution in [0.1, 0.15) is 30.9 Å². The quantitative estimate of drug-likeness (QED) is 0.797. The molecule has 0 fully saturated rings. The first-order valence-corrected chi connectivity index (χ1v) is 6.15. The van der Waals surface area contributed by atoms with Crippen molar-refractivity contribution in [1.29, 1.82) is 0 Å². The predicted molar refractivity (Wildman–Crippen MR) is 72.6 cm³/mol. The largest absolute Gasteiger partial charge is 0.338 e. The van der Waals surface area contributed by atoms with Gasteiger partial charge >= 0.3 is 6.03 Å². The van der Waals surface area contributed by atoms with Crippen LogP contribution < -0.4 is 10.2 Å². The first-order valence-electron chi connectivity index (χ1n) is 6.15.